The maximum atomic E-state index is 3.71. The molecule has 0 amide bonds. The van der Waals surface area contributed by atoms with E-state index in [1.807, 2.05) is 0 Å². The smallest absolute Gasteiger partial charge is 0.0136 e. The molecule has 1 saturated carbocycles. The maximum Gasteiger partial charge on any atom is 0.0136 e. The first-order valence-electron chi connectivity index (χ1n) is 5.98. The third-order valence-electron chi connectivity index (χ3n) is 4.09. The van der Waals surface area contributed by atoms with Crippen LogP contribution in [0.25, 0.3) is 0 Å². The summed E-state index contributed by atoms with van der Waals surface area (Å²) >= 11 is 0. The van der Waals surface area contributed by atoms with Crippen molar-refractivity contribution in [3.8, 4) is 0 Å². The van der Waals surface area contributed by atoms with Gasteiger partial charge in [-0.15, -0.1) is 0 Å². The highest BCUT2D eigenvalue weighted by Crippen LogP contribution is 2.43. The largest absolute Gasteiger partial charge is 0.313 e. The zero-order valence-electron chi connectivity index (χ0n) is 8.65. The number of rotatable bonds is 3. The van der Waals surface area contributed by atoms with Crippen LogP contribution in [-0.2, 0) is 0 Å². The molecular formula is C13H19N. The van der Waals surface area contributed by atoms with Crippen molar-refractivity contribution in [2.24, 2.45) is 17.8 Å². The van der Waals surface area contributed by atoms with E-state index in [9.17, 15) is 0 Å². The van der Waals surface area contributed by atoms with Gasteiger partial charge in [0.1, 0.15) is 0 Å². The zero-order valence-corrected chi connectivity index (χ0v) is 8.65. The van der Waals surface area contributed by atoms with E-state index in [1.54, 1.807) is 0 Å². The van der Waals surface area contributed by atoms with Crippen LogP contribution in [0, 0.1) is 17.8 Å². The first-order chi connectivity index (χ1) is 6.92. The molecule has 3 rings (SSSR count). The summed E-state index contributed by atoms with van der Waals surface area (Å²) in [7, 11) is 0. The fourth-order valence-electron chi connectivity index (χ4n) is 3.23. The number of hydrogen-bond acceptors (Lipinski definition) is 1. The fourth-order valence-corrected chi connectivity index (χ4v) is 3.23. The molecule has 0 aliphatic heterocycles. The van der Waals surface area contributed by atoms with Crippen molar-refractivity contribution in [1.82, 2.24) is 5.32 Å². The summed E-state index contributed by atoms with van der Waals surface area (Å²) in [6.45, 7) is 1.25. The van der Waals surface area contributed by atoms with E-state index in [0.717, 1.165) is 23.8 Å². The van der Waals surface area contributed by atoms with Gasteiger partial charge in [0.2, 0.25) is 0 Å². The summed E-state index contributed by atoms with van der Waals surface area (Å²) in [5, 5.41) is 3.71. The summed E-state index contributed by atoms with van der Waals surface area (Å²) in [5.41, 5.74) is 0. The molecule has 0 radical (unpaired) electrons. The molecule has 3 aliphatic carbocycles. The predicted octanol–water partition coefficient (Wildman–Crippen LogP) is 2.51. The Labute approximate surface area is 86.3 Å². The molecule has 0 saturated heterocycles. The first kappa shape index (κ1) is 8.72. The Kier molecular flexibility index (Phi) is 2.21. The molecule has 0 aromatic rings. The van der Waals surface area contributed by atoms with E-state index in [-0.39, 0.29) is 0 Å². The van der Waals surface area contributed by atoms with Gasteiger partial charge in [-0.2, -0.15) is 0 Å². The van der Waals surface area contributed by atoms with Gasteiger partial charge in [0.05, 0.1) is 0 Å². The van der Waals surface area contributed by atoms with E-state index in [4.69, 9.17) is 0 Å². The molecular weight excluding hydrogens is 170 g/mol. The highest BCUT2D eigenvalue weighted by Gasteiger charge is 2.35. The zero-order chi connectivity index (χ0) is 9.38. The fraction of sp³-hybridized carbons (Fsp3) is 0.692. The molecule has 1 fully saturated rings. The molecule has 0 spiro atoms. The third-order valence-corrected chi connectivity index (χ3v) is 4.09. The summed E-state index contributed by atoms with van der Waals surface area (Å²) in [6, 6.07) is 0.748. The van der Waals surface area contributed by atoms with Gasteiger partial charge in [0, 0.05) is 6.04 Å². The molecule has 0 aromatic carbocycles. The van der Waals surface area contributed by atoms with Crippen molar-refractivity contribution in [3.63, 3.8) is 0 Å². The number of hydrogen-bond donors (Lipinski definition) is 1. The van der Waals surface area contributed by atoms with Crippen molar-refractivity contribution >= 4 is 0 Å². The Hall–Kier alpha value is -0.560. The van der Waals surface area contributed by atoms with E-state index in [0.29, 0.717) is 0 Å². The molecule has 1 nitrogen and oxygen atoms in total. The van der Waals surface area contributed by atoms with Gasteiger partial charge in [-0.3, -0.25) is 0 Å². The summed E-state index contributed by atoms with van der Waals surface area (Å²) in [5.74, 6) is 2.76. The van der Waals surface area contributed by atoms with Crippen molar-refractivity contribution in [3.05, 3.63) is 24.3 Å². The second-order valence-corrected chi connectivity index (χ2v) is 5.09. The SMILES string of the molecule is C1=CCC(NCC2CC3C=CC2C3)C1. The topological polar surface area (TPSA) is 12.0 Å². The maximum absolute atomic E-state index is 3.71. The summed E-state index contributed by atoms with van der Waals surface area (Å²) in [4.78, 5) is 0. The molecule has 14 heavy (non-hydrogen) atoms. The standard InChI is InChI=1S/C13H19N/c1-2-4-13(3-1)14-9-12-8-10-5-6-11(12)7-10/h1-2,5-6,10-14H,3-4,7-9H2. The van der Waals surface area contributed by atoms with Crippen LogP contribution in [0.4, 0.5) is 0 Å². The predicted molar refractivity (Wildman–Crippen MR) is 59.0 cm³/mol. The Bertz CT molecular complexity index is 258. The van der Waals surface area contributed by atoms with Gasteiger partial charge < -0.3 is 5.32 Å². The van der Waals surface area contributed by atoms with E-state index >= 15 is 0 Å². The molecule has 76 valence electrons. The van der Waals surface area contributed by atoms with Crippen molar-refractivity contribution in [1.29, 1.82) is 0 Å². The Morgan fingerprint density at radius 1 is 1.07 bits per heavy atom. The molecule has 0 heterocycles. The van der Waals surface area contributed by atoms with E-state index in [1.165, 1.54) is 32.2 Å². The minimum atomic E-state index is 0.748. The van der Waals surface area contributed by atoms with Crippen molar-refractivity contribution in [2.45, 2.75) is 31.7 Å². The van der Waals surface area contributed by atoms with Crippen LogP contribution in [-0.4, -0.2) is 12.6 Å². The number of allylic oxidation sites excluding steroid dienone is 2. The highest BCUT2D eigenvalue weighted by molar-refractivity contribution is 5.10. The average Bonchev–Trinajstić information content (AvgIpc) is 2.91. The summed E-state index contributed by atoms with van der Waals surface area (Å²) < 4.78 is 0. The average molecular weight is 189 g/mol. The quantitative estimate of drug-likeness (QED) is 0.673. The molecule has 0 aromatic heterocycles. The van der Waals surface area contributed by atoms with Gasteiger partial charge in [-0.1, -0.05) is 24.3 Å². The van der Waals surface area contributed by atoms with Crippen LogP contribution < -0.4 is 5.32 Å². The lowest BCUT2D eigenvalue weighted by atomic mass is 9.93. The number of fused-ring (bicyclic) bond motifs is 2. The first-order valence-corrected chi connectivity index (χ1v) is 5.98. The van der Waals surface area contributed by atoms with Crippen LogP contribution in [0.3, 0.4) is 0 Å². The van der Waals surface area contributed by atoms with Gasteiger partial charge in [-0.05, 0) is 50.0 Å². The second kappa shape index (κ2) is 3.54. The van der Waals surface area contributed by atoms with Crippen molar-refractivity contribution in [2.75, 3.05) is 6.54 Å². The molecule has 1 heteroatoms. The molecule has 3 unspecified atom stereocenters. The Morgan fingerprint density at radius 2 is 1.93 bits per heavy atom. The second-order valence-electron chi connectivity index (χ2n) is 5.09. The van der Waals surface area contributed by atoms with Crippen LogP contribution in [0.15, 0.2) is 24.3 Å². The molecule has 1 N–H and O–H groups in total. The van der Waals surface area contributed by atoms with Crippen LogP contribution in [0.5, 0.6) is 0 Å². The highest BCUT2D eigenvalue weighted by atomic mass is 14.9. The van der Waals surface area contributed by atoms with Crippen molar-refractivity contribution < 1.29 is 0 Å². The van der Waals surface area contributed by atoms with Crippen LogP contribution in [0.1, 0.15) is 25.7 Å². The molecule has 3 aliphatic rings. The number of nitrogens with one attached hydrogen (secondary N) is 1. The molecule has 2 bridgehead atoms. The van der Waals surface area contributed by atoms with E-state index in [2.05, 4.69) is 29.6 Å². The van der Waals surface area contributed by atoms with Crippen LogP contribution >= 0.6 is 0 Å². The Balaban J connectivity index is 1.47. The minimum Gasteiger partial charge on any atom is -0.313 e. The normalized spacial score (nSPS) is 40.1. The van der Waals surface area contributed by atoms with Gasteiger partial charge in [0.25, 0.3) is 0 Å². The van der Waals surface area contributed by atoms with Crippen LogP contribution in [0.2, 0.25) is 0 Å². The lowest BCUT2D eigenvalue weighted by Gasteiger charge is -2.21. The lowest BCUT2D eigenvalue weighted by molar-refractivity contribution is 0.387. The van der Waals surface area contributed by atoms with Gasteiger partial charge in [-0.25, -0.2) is 0 Å². The molecule has 3 atom stereocenters. The summed E-state index contributed by atoms with van der Waals surface area (Å²) in [6.07, 6.45) is 14.9. The van der Waals surface area contributed by atoms with Gasteiger partial charge in [0.15, 0.2) is 0 Å². The van der Waals surface area contributed by atoms with E-state index < -0.39 is 0 Å². The lowest BCUT2D eigenvalue weighted by Crippen LogP contribution is -2.32. The van der Waals surface area contributed by atoms with Gasteiger partial charge >= 0.3 is 0 Å². The minimum absolute atomic E-state index is 0.748. The Morgan fingerprint density at radius 3 is 2.57 bits per heavy atom. The third kappa shape index (κ3) is 1.54. The monoisotopic (exact) mass is 189 g/mol.